The summed E-state index contributed by atoms with van der Waals surface area (Å²) in [5, 5.41) is 41.6. The second-order valence-corrected chi connectivity index (χ2v) is 7.66. The van der Waals surface area contributed by atoms with Crippen molar-refractivity contribution in [3.8, 4) is 0 Å². The maximum atomic E-state index is 12.3. The second kappa shape index (κ2) is 11.9. The van der Waals surface area contributed by atoms with Crippen LogP contribution < -0.4 is 5.73 Å². The first-order chi connectivity index (χ1) is 12.7. The molecule has 0 bridgehead atoms. The highest BCUT2D eigenvalue weighted by molar-refractivity contribution is 5.72. The van der Waals surface area contributed by atoms with E-state index in [1.165, 1.54) is 0 Å². The van der Waals surface area contributed by atoms with Crippen LogP contribution in [-0.4, -0.2) is 87.5 Å². The number of rotatable bonds is 3. The first-order valence-electron chi connectivity index (χ1n) is 10.1. The quantitative estimate of drug-likeness (QED) is 0.411. The van der Waals surface area contributed by atoms with Gasteiger partial charge in [0.05, 0.1) is 24.2 Å². The lowest BCUT2D eigenvalue weighted by molar-refractivity contribution is -0.170. The summed E-state index contributed by atoms with van der Waals surface area (Å²) in [5.74, 6) is -1.39. The molecule has 0 aromatic rings. The van der Waals surface area contributed by atoms with Crippen molar-refractivity contribution in [2.45, 2.75) is 89.4 Å². The number of cyclic esters (lactones) is 1. The number of carbonyl (C=O) groups excluding carboxylic acids is 1. The molecule has 160 valence electrons. The van der Waals surface area contributed by atoms with Gasteiger partial charge in [-0.2, -0.15) is 0 Å². The van der Waals surface area contributed by atoms with Crippen LogP contribution in [0.15, 0.2) is 0 Å². The van der Waals surface area contributed by atoms with Gasteiger partial charge in [0.15, 0.2) is 0 Å². The topological polar surface area (TPSA) is 136 Å². The summed E-state index contributed by atoms with van der Waals surface area (Å²) in [7, 11) is 0. The van der Waals surface area contributed by atoms with Gasteiger partial charge in [-0.25, -0.2) is 0 Å². The van der Waals surface area contributed by atoms with Crippen LogP contribution in [0, 0.1) is 5.92 Å². The molecule has 1 saturated heterocycles. The number of carbonyl (C=O) groups is 1. The average molecular weight is 391 g/mol. The molecule has 0 saturated carbocycles. The van der Waals surface area contributed by atoms with E-state index < -0.39 is 42.4 Å². The summed E-state index contributed by atoms with van der Waals surface area (Å²) in [6.45, 7) is 6.72. The van der Waals surface area contributed by atoms with Crippen LogP contribution in [0.5, 0.6) is 0 Å². The summed E-state index contributed by atoms with van der Waals surface area (Å²) < 4.78 is 5.40. The maximum absolute atomic E-state index is 12.3. The average Bonchev–Trinajstić information content (AvgIpc) is 2.66. The number of aliphatic hydroxyl groups is 4. The number of hydrogen-bond acceptors (Lipinski definition) is 8. The largest absolute Gasteiger partial charge is 0.459 e. The minimum absolute atomic E-state index is 0.294. The van der Waals surface area contributed by atoms with Gasteiger partial charge in [0.2, 0.25) is 0 Å². The first-order valence-corrected chi connectivity index (χ1v) is 10.1. The fourth-order valence-corrected chi connectivity index (χ4v) is 3.50. The van der Waals surface area contributed by atoms with Gasteiger partial charge in [0.1, 0.15) is 12.2 Å². The standard InChI is InChI=1S/C19H38N2O6/c1-4-16-18(25)17(24)13(3)21(11-9-20)10-5-6-14(22)7-8-15(23)12(2)19(26)27-16/h12-18,22-25H,4-11,20H2,1-3H3/t12?,13-,14-,15-,16?,17?,18-/m1/s1. The Morgan fingerprint density at radius 1 is 1.11 bits per heavy atom. The lowest BCUT2D eigenvalue weighted by Gasteiger charge is -2.36. The van der Waals surface area contributed by atoms with E-state index in [-0.39, 0.29) is 6.04 Å². The Morgan fingerprint density at radius 2 is 1.78 bits per heavy atom. The normalized spacial score (nSPS) is 38.7. The molecule has 0 aromatic heterocycles. The van der Waals surface area contributed by atoms with E-state index in [1.54, 1.807) is 20.8 Å². The molecular formula is C19H38N2O6. The monoisotopic (exact) mass is 390 g/mol. The van der Waals surface area contributed by atoms with E-state index in [0.29, 0.717) is 51.7 Å². The Balaban J connectivity index is 3.01. The van der Waals surface area contributed by atoms with E-state index in [2.05, 4.69) is 0 Å². The number of nitrogens with two attached hydrogens (primary N) is 1. The molecule has 3 unspecified atom stereocenters. The third-order valence-electron chi connectivity index (χ3n) is 5.61. The smallest absolute Gasteiger partial charge is 0.311 e. The zero-order chi connectivity index (χ0) is 20.6. The number of nitrogens with zero attached hydrogens (tertiary/aromatic N) is 1. The molecule has 7 atom stereocenters. The lowest BCUT2D eigenvalue weighted by atomic mass is 9.97. The van der Waals surface area contributed by atoms with E-state index in [4.69, 9.17) is 10.5 Å². The highest BCUT2D eigenvalue weighted by atomic mass is 16.6. The third-order valence-corrected chi connectivity index (χ3v) is 5.61. The van der Waals surface area contributed by atoms with Crippen molar-refractivity contribution in [1.29, 1.82) is 0 Å². The molecule has 8 heteroatoms. The Morgan fingerprint density at radius 3 is 2.37 bits per heavy atom. The van der Waals surface area contributed by atoms with Crippen LogP contribution in [0.3, 0.4) is 0 Å². The summed E-state index contributed by atoms with van der Waals surface area (Å²) in [6.07, 6.45) is -2.43. The molecule has 1 heterocycles. The predicted molar refractivity (Wildman–Crippen MR) is 102 cm³/mol. The van der Waals surface area contributed by atoms with Crippen molar-refractivity contribution in [2.75, 3.05) is 19.6 Å². The first kappa shape index (κ1) is 24.3. The van der Waals surface area contributed by atoms with Gasteiger partial charge in [-0.15, -0.1) is 0 Å². The molecule has 0 radical (unpaired) electrons. The van der Waals surface area contributed by atoms with Crippen molar-refractivity contribution >= 4 is 5.97 Å². The Hall–Kier alpha value is -0.770. The number of ether oxygens (including phenoxy) is 1. The van der Waals surface area contributed by atoms with Gasteiger partial charge < -0.3 is 30.9 Å². The molecule has 8 nitrogen and oxygen atoms in total. The molecule has 0 spiro atoms. The summed E-state index contributed by atoms with van der Waals surface area (Å²) >= 11 is 0. The van der Waals surface area contributed by atoms with E-state index in [1.807, 2.05) is 4.90 Å². The molecule has 0 aliphatic carbocycles. The summed E-state index contributed by atoms with van der Waals surface area (Å²) in [5.41, 5.74) is 5.68. The van der Waals surface area contributed by atoms with Crippen molar-refractivity contribution in [1.82, 2.24) is 4.90 Å². The highest BCUT2D eigenvalue weighted by Gasteiger charge is 2.36. The molecule has 6 N–H and O–H groups in total. The van der Waals surface area contributed by atoms with Crippen molar-refractivity contribution in [3.05, 3.63) is 0 Å². The van der Waals surface area contributed by atoms with E-state index in [9.17, 15) is 25.2 Å². The lowest BCUT2D eigenvalue weighted by Crippen LogP contribution is -2.52. The third kappa shape index (κ3) is 7.29. The molecule has 27 heavy (non-hydrogen) atoms. The molecule has 0 aromatic carbocycles. The molecule has 1 rings (SSSR count). The van der Waals surface area contributed by atoms with Crippen LogP contribution in [-0.2, 0) is 9.53 Å². The second-order valence-electron chi connectivity index (χ2n) is 7.66. The van der Waals surface area contributed by atoms with Gasteiger partial charge in [0.25, 0.3) is 0 Å². The van der Waals surface area contributed by atoms with Crippen LogP contribution in [0.1, 0.15) is 52.9 Å². The van der Waals surface area contributed by atoms with Crippen molar-refractivity contribution < 1.29 is 30.0 Å². The minimum Gasteiger partial charge on any atom is -0.459 e. The van der Waals surface area contributed by atoms with Gasteiger partial charge in [-0.05, 0) is 52.5 Å². The van der Waals surface area contributed by atoms with Gasteiger partial charge in [-0.1, -0.05) is 6.92 Å². The zero-order valence-electron chi connectivity index (χ0n) is 16.8. The van der Waals surface area contributed by atoms with Crippen molar-refractivity contribution in [2.24, 2.45) is 11.7 Å². The van der Waals surface area contributed by atoms with Crippen LogP contribution in [0.25, 0.3) is 0 Å². The number of aliphatic hydroxyl groups excluding tert-OH is 4. The van der Waals surface area contributed by atoms with E-state index >= 15 is 0 Å². The molecule has 1 fully saturated rings. The van der Waals surface area contributed by atoms with Crippen LogP contribution in [0.4, 0.5) is 0 Å². The number of hydrogen-bond donors (Lipinski definition) is 5. The SMILES string of the molecule is CCC1OC(=O)C(C)[C@H](O)CC[C@H](O)CCCN(CCN)[C@H](C)C(O)[C@@H]1O. The highest BCUT2D eigenvalue weighted by Crippen LogP contribution is 2.20. The minimum atomic E-state index is -1.24. The molecule has 1 aliphatic rings. The van der Waals surface area contributed by atoms with Gasteiger partial charge in [0, 0.05) is 19.1 Å². The Kier molecular flexibility index (Phi) is 10.7. The van der Waals surface area contributed by atoms with Crippen molar-refractivity contribution in [3.63, 3.8) is 0 Å². The zero-order valence-corrected chi connectivity index (χ0v) is 16.8. The maximum Gasteiger partial charge on any atom is 0.311 e. The molecular weight excluding hydrogens is 352 g/mol. The van der Waals surface area contributed by atoms with Gasteiger partial charge >= 0.3 is 5.97 Å². The Labute approximate surface area is 162 Å². The fourth-order valence-electron chi connectivity index (χ4n) is 3.50. The van der Waals surface area contributed by atoms with Crippen LogP contribution >= 0.6 is 0 Å². The van der Waals surface area contributed by atoms with E-state index in [0.717, 1.165) is 0 Å². The van der Waals surface area contributed by atoms with Crippen LogP contribution in [0.2, 0.25) is 0 Å². The fraction of sp³-hybridized carbons (Fsp3) is 0.947. The summed E-state index contributed by atoms with van der Waals surface area (Å²) in [4.78, 5) is 14.3. The number of esters is 1. The predicted octanol–water partition coefficient (Wildman–Crippen LogP) is -0.389. The van der Waals surface area contributed by atoms with Gasteiger partial charge in [-0.3, -0.25) is 9.69 Å². The molecule has 1 aliphatic heterocycles. The molecule has 0 amide bonds. The Bertz CT molecular complexity index is 438. The summed E-state index contributed by atoms with van der Waals surface area (Å²) in [6, 6.07) is -0.387.